The van der Waals surface area contributed by atoms with Crippen molar-refractivity contribution in [3.05, 3.63) is 34.6 Å². The van der Waals surface area contributed by atoms with E-state index in [4.69, 9.17) is 16.3 Å². The third-order valence-electron chi connectivity index (χ3n) is 4.34. The average molecular weight is 313 g/mol. The molecule has 1 aromatic carbocycles. The first-order valence-electron chi connectivity index (χ1n) is 7.44. The molecule has 0 radical (unpaired) electrons. The zero-order valence-electron chi connectivity index (χ0n) is 12.8. The summed E-state index contributed by atoms with van der Waals surface area (Å²) < 4.78 is 19.1. The lowest BCUT2D eigenvalue weighted by Gasteiger charge is -2.36. The van der Waals surface area contributed by atoms with Gasteiger partial charge in [-0.15, -0.1) is 0 Å². The van der Waals surface area contributed by atoms with Crippen LogP contribution in [-0.2, 0) is 4.74 Å². The molecule has 4 heteroatoms. The molecule has 0 aliphatic heterocycles. The van der Waals surface area contributed by atoms with E-state index >= 15 is 0 Å². The van der Waals surface area contributed by atoms with Crippen LogP contribution in [0.4, 0.5) is 4.39 Å². The highest BCUT2D eigenvalue weighted by Crippen LogP contribution is 2.38. The second-order valence-corrected chi connectivity index (χ2v) is 7.25. The van der Waals surface area contributed by atoms with Crippen LogP contribution >= 0.6 is 11.6 Å². The van der Waals surface area contributed by atoms with Gasteiger partial charge in [-0.25, -0.2) is 9.18 Å². The minimum atomic E-state index is -0.655. The fourth-order valence-corrected chi connectivity index (χ4v) is 3.19. The van der Waals surface area contributed by atoms with Crippen LogP contribution < -0.4 is 0 Å². The Morgan fingerprint density at radius 1 is 1.24 bits per heavy atom. The van der Waals surface area contributed by atoms with E-state index in [1.165, 1.54) is 18.2 Å². The number of hydrogen-bond donors (Lipinski definition) is 0. The number of hydrogen-bond acceptors (Lipinski definition) is 2. The summed E-state index contributed by atoms with van der Waals surface area (Å²) in [5.74, 6) is -0.641. The molecule has 1 aliphatic rings. The molecule has 1 saturated carbocycles. The van der Waals surface area contributed by atoms with E-state index in [2.05, 4.69) is 20.8 Å². The van der Waals surface area contributed by atoms with Gasteiger partial charge >= 0.3 is 5.97 Å². The van der Waals surface area contributed by atoms with E-state index in [0.29, 0.717) is 5.92 Å². The van der Waals surface area contributed by atoms with Crippen molar-refractivity contribution in [1.29, 1.82) is 0 Å². The Morgan fingerprint density at radius 2 is 1.86 bits per heavy atom. The molecule has 0 bridgehead atoms. The molecule has 0 amide bonds. The lowest BCUT2D eigenvalue weighted by molar-refractivity contribution is 0.00889. The highest BCUT2D eigenvalue weighted by molar-refractivity contribution is 6.33. The first-order valence-corrected chi connectivity index (χ1v) is 7.82. The average Bonchev–Trinajstić information content (AvgIpc) is 2.38. The molecule has 0 aromatic heterocycles. The molecular weight excluding hydrogens is 291 g/mol. The summed E-state index contributed by atoms with van der Waals surface area (Å²) in [6.07, 6.45) is 3.60. The standard InChI is InChI=1S/C17H22ClFO2/c1-17(2,3)11-7-9-12(10-8-11)21-16(20)15-13(18)5-4-6-14(15)19/h4-6,11-12H,7-10H2,1-3H3. The van der Waals surface area contributed by atoms with E-state index in [1.54, 1.807) is 0 Å². The lowest BCUT2D eigenvalue weighted by atomic mass is 9.72. The highest BCUT2D eigenvalue weighted by atomic mass is 35.5. The molecule has 2 rings (SSSR count). The minimum absolute atomic E-state index is 0.100. The van der Waals surface area contributed by atoms with Crippen molar-refractivity contribution in [2.45, 2.75) is 52.6 Å². The van der Waals surface area contributed by atoms with Crippen molar-refractivity contribution in [2.75, 3.05) is 0 Å². The van der Waals surface area contributed by atoms with Crippen molar-refractivity contribution in [3.63, 3.8) is 0 Å². The Balaban J connectivity index is 1.96. The summed E-state index contributed by atoms with van der Waals surface area (Å²) in [5, 5.41) is 0.100. The van der Waals surface area contributed by atoms with Gasteiger partial charge in [-0.1, -0.05) is 38.4 Å². The molecular formula is C17H22ClFO2. The zero-order chi connectivity index (χ0) is 15.6. The number of halogens is 2. The Kier molecular flexibility index (Phi) is 4.92. The van der Waals surface area contributed by atoms with Gasteiger partial charge in [0.25, 0.3) is 0 Å². The number of esters is 1. The smallest absolute Gasteiger partial charge is 0.342 e. The Bertz CT molecular complexity index is 494. The Morgan fingerprint density at radius 3 is 2.38 bits per heavy atom. The van der Waals surface area contributed by atoms with Crippen LogP contribution in [0.3, 0.4) is 0 Å². The monoisotopic (exact) mass is 312 g/mol. The van der Waals surface area contributed by atoms with Gasteiger partial charge in [0.05, 0.1) is 5.02 Å². The first-order chi connectivity index (χ1) is 9.79. The third kappa shape index (κ3) is 3.97. The van der Waals surface area contributed by atoms with Crippen LogP contribution in [0.1, 0.15) is 56.8 Å². The SMILES string of the molecule is CC(C)(C)C1CCC(OC(=O)c2c(F)cccc2Cl)CC1. The molecule has 2 nitrogen and oxygen atoms in total. The maximum absolute atomic E-state index is 13.7. The molecule has 0 saturated heterocycles. The number of carbonyl (C=O) groups is 1. The lowest BCUT2D eigenvalue weighted by Crippen LogP contribution is -2.30. The van der Waals surface area contributed by atoms with E-state index in [9.17, 15) is 9.18 Å². The zero-order valence-corrected chi connectivity index (χ0v) is 13.5. The van der Waals surface area contributed by atoms with Crippen molar-refractivity contribution < 1.29 is 13.9 Å². The van der Waals surface area contributed by atoms with Gasteiger partial charge in [-0.05, 0) is 49.1 Å². The van der Waals surface area contributed by atoms with Crippen LogP contribution in [-0.4, -0.2) is 12.1 Å². The topological polar surface area (TPSA) is 26.3 Å². The quantitative estimate of drug-likeness (QED) is 0.698. The van der Waals surface area contributed by atoms with Crippen molar-refractivity contribution in [3.8, 4) is 0 Å². The van der Waals surface area contributed by atoms with Crippen LogP contribution in [0.5, 0.6) is 0 Å². The van der Waals surface area contributed by atoms with E-state index in [1.807, 2.05) is 0 Å². The summed E-state index contributed by atoms with van der Waals surface area (Å²) in [6.45, 7) is 6.72. The number of rotatable bonds is 2. The predicted molar refractivity (Wildman–Crippen MR) is 82.0 cm³/mol. The summed E-state index contributed by atoms with van der Waals surface area (Å²) in [6, 6.07) is 4.19. The third-order valence-corrected chi connectivity index (χ3v) is 4.65. The predicted octanol–water partition coefficient (Wildman–Crippen LogP) is 5.24. The van der Waals surface area contributed by atoms with Gasteiger partial charge in [-0.2, -0.15) is 0 Å². The maximum atomic E-state index is 13.7. The van der Waals surface area contributed by atoms with Gasteiger partial charge in [-0.3, -0.25) is 0 Å². The van der Waals surface area contributed by atoms with Crippen molar-refractivity contribution >= 4 is 17.6 Å². The van der Waals surface area contributed by atoms with Crippen molar-refractivity contribution in [1.82, 2.24) is 0 Å². The molecule has 21 heavy (non-hydrogen) atoms. The maximum Gasteiger partial charge on any atom is 0.342 e. The number of benzene rings is 1. The van der Waals surface area contributed by atoms with Gasteiger partial charge < -0.3 is 4.74 Å². The van der Waals surface area contributed by atoms with E-state index in [0.717, 1.165) is 25.7 Å². The largest absolute Gasteiger partial charge is 0.459 e. The molecule has 0 unspecified atom stereocenters. The minimum Gasteiger partial charge on any atom is -0.459 e. The molecule has 0 N–H and O–H groups in total. The van der Waals surface area contributed by atoms with Crippen LogP contribution in [0, 0.1) is 17.2 Å². The van der Waals surface area contributed by atoms with E-state index < -0.39 is 11.8 Å². The van der Waals surface area contributed by atoms with Crippen LogP contribution in [0.15, 0.2) is 18.2 Å². The Labute approximate surface area is 130 Å². The normalized spacial score (nSPS) is 22.9. The number of carbonyl (C=O) groups excluding carboxylic acids is 1. The van der Waals surface area contributed by atoms with E-state index in [-0.39, 0.29) is 22.1 Å². The van der Waals surface area contributed by atoms with Gasteiger partial charge in [0.15, 0.2) is 0 Å². The van der Waals surface area contributed by atoms with Crippen LogP contribution in [0.25, 0.3) is 0 Å². The van der Waals surface area contributed by atoms with Crippen molar-refractivity contribution in [2.24, 2.45) is 11.3 Å². The van der Waals surface area contributed by atoms with Gasteiger partial charge in [0.1, 0.15) is 17.5 Å². The number of ether oxygens (including phenoxy) is 1. The molecule has 0 heterocycles. The van der Waals surface area contributed by atoms with Crippen LogP contribution in [0.2, 0.25) is 5.02 Å². The molecule has 0 spiro atoms. The molecule has 1 aliphatic carbocycles. The fourth-order valence-electron chi connectivity index (χ4n) is 2.95. The van der Waals surface area contributed by atoms with Gasteiger partial charge in [0, 0.05) is 0 Å². The second-order valence-electron chi connectivity index (χ2n) is 6.84. The molecule has 0 atom stereocenters. The summed E-state index contributed by atoms with van der Waals surface area (Å²) in [7, 11) is 0. The van der Waals surface area contributed by atoms with Gasteiger partial charge in [0.2, 0.25) is 0 Å². The summed E-state index contributed by atoms with van der Waals surface area (Å²) in [4.78, 5) is 12.1. The first kappa shape index (κ1) is 16.3. The fraction of sp³-hybridized carbons (Fsp3) is 0.588. The molecule has 1 aromatic rings. The molecule has 1 fully saturated rings. The summed E-state index contributed by atoms with van der Waals surface area (Å²) >= 11 is 5.88. The molecule has 116 valence electrons. The summed E-state index contributed by atoms with van der Waals surface area (Å²) in [5.41, 5.74) is 0.126. The highest BCUT2D eigenvalue weighted by Gasteiger charge is 2.31. The second kappa shape index (κ2) is 6.35. The Hall–Kier alpha value is -1.09.